The molecule has 1 aromatic carbocycles. The van der Waals surface area contributed by atoms with Crippen LogP contribution < -0.4 is 5.32 Å². The van der Waals surface area contributed by atoms with Crippen LogP contribution in [0.2, 0.25) is 0 Å². The third-order valence-corrected chi connectivity index (χ3v) is 4.79. The summed E-state index contributed by atoms with van der Waals surface area (Å²) in [5, 5.41) is 2.83. The highest BCUT2D eigenvalue weighted by Crippen LogP contribution is 2.37. The standard InChI is InChI=1S/C11H12F3NO2S/c1-10(2)6-18(16,17)9-4-3-7(11(12,13)14)5-8(9)15-10/h3-5,15H,6H2,1-2H3. The Morgan fingerprint density at radius 3 is 2.44 bits per heavy atom. The maximum absolute atomic E-state index is 12.6. The summed E-state index contributed by atoms with van der Waals surface area (Å²) in [4.78, 5) is -0.0742. The zero-order valence-electron chi connectivity index (χ0n) is 9.80. The fraction of sp³-hybridized carbons (Fsp3) is 0.455. The van der Waals surface area contributed by atoms with Gasteiger partial charge < -0.3 is 5.32 Å². The highest BCUT2D eigenvalue weighted by molar-refractivity contribution is 7.91. The summed E-state index contributed by atoms with van der Waals surface area (Å²) >= 11 is 0. The first kappa shape index (κ1) is 13.2. The molecule has 0 radical (unpaired) electrons. The molecule has 1 heterocycles. The van der Waals surface area contributed by atoms with Crippen molar-refractivity contribution in [2.75, 3.05) is 11.1 Å². The molecule has 7 heteroatoms. The lowest BCUT2D eigenvalue weighted by atomic mass is 10.1. The van der Waals surface area contributed by atoms with Gasteiger partial charge >= 0.3 is 6.18 Å². The van der Waals surface area contributed by atoms with Crippen LogP contribution in [0.5, 0.6) is 0 Å². The Bertz CT molecular complexity index is 591. The van der Waals surface area contributed by atoms with Gasteiger partial charge in [0, 0.05) is 5.54 Å². The Hall–Kier alpha value is -1.24. The molecule has 0 bridgehead atoms. The molecule has 0 unspecified atom stereocenters. The van der Waals surface area contributed by atoms with Crippen LogP contribution in [0, 0.1) is 0 Å². The fourth-order valence-corrected chi connectivity index (χ4v) is 3.93. The molecule has 0 saturated heterocycles. The molecule has 100 valence electrons. The van der Waals surface area contributed by atoms with E-state index in [-0.39, 0.29) is 16.3 Å². The number of benzene rings is 1. The third-order valence-electron chi connectivity index (χ3n) is 2.67. The largest absolute Gasteiger partial charge is 0.416 e. The summed E-state index contributed by atoms with van der Waals surface area (Å²) in [6.07, 6.45) is -4.48. The zero-order valence-corrected chi connectivity index (χ0v) is 10.6. The Balaban J connectivity index is 2.61. The van der Waals surface area contributed by atoms with E-state index in [2.05, 4.69) is 5.32 Å². The van der Waals surface area contributed by atoms with Crippen LogP contribution in [0.25, 0.3) is 0 Å². The molecule has 0 aliphatic carbocycles. The Morgan fingerprint density at radius 1 is 1.28 bits per heavy atom. The van der Waals surface area contributed by atoms with E-state index in [1.165, 1.54) is 0 Å². The normalized spacial score (nSPS) is 20.9. The minimum atomic E-state index is -4.48. The van der Waals surface area contributed by atoms with E-state index < -0.39 is 27.1 Å². The molecule has 0 spiro atoms. The Morgan fingerprint density at radius 2 is 1.89 bits per heavy atom. The Kier molecular flexibility index (Phi) is 2.66. The number of sulfone groups is 1. The summed E-state index contributed by atoms with van der Waals surface area (Å²) in [6, 6.07) is 2.64. The fourth-order valence-electron chi connectivity index (χ4n) is 2.03. The highest BCUT2D eigenvalue weighted by Gasteiger charge is 2.37. The molecule has 2 rings (SSSR count). The molecule has 1 N–H and O–H groups in total. The number of hydrogen-bond donors (Lipinski definition) is 1. The molecule has 0 amide bonds. The topological polar surface area (TPSA) is 46.2 Å². The lowest BCUT2D eigenvalue weighted by Gasteiger charge is -2.33. The van der Waals surface area contributed by atoms with Crippen molar-refractivity contribution in [1.29, 1.82) is 0 Å². The summed E-state index contributed by atoms with van der Waals surface area (Å²) in [5.74, 6) is -0.141. The number of rotatable bonds is 0. The predicted molar refractivity (Wildman–Crippen MR) is 61.2 cm³/mol. The van der Waals surface area contributed by atoms with Gasteiger partial charge in [-0.15, -0.1) is 0 Å². The summed E-state index contributed by atoms with van der Waals surface area (Å²) < 4.78 is 61.6. The second-order valence-corrected chi connectivity index (χ2v) is 6.93. The molecule has 1 aliphatic rings. The van der Waals surface area contributed by atoms with Gasteiger partial charge in [0.15, 0.2) is 9.84 Å². The van der Waals surface area contributed by atoms with Crippen LogP contribution in [0.3, 0.4) is 0 Å². The second kappa shape index (κ2) is 3.63. The van der Waals surface area contributed by atoms with Crippen molar-refractivity contribution in [3.8, 4) is 0 Å². The van der Waals surface area contributed by atoms with Crippen molar-refractivity contribution >= 4 is 15.5 Å². The van der Waals surface area contributed by atoms with Crippen LogP contribution in [-0.2, 0) is 16.0 Å². The van der Waals surface area contributed by atoms with Crippen LogP contribution in [0.1, 0.15) is 19.4 Å². The van der Waals surface area contributed by atoms with Crippen LogP contribution in [0.15, 0.2) is 23.1 Å². The molecule has 0 atom stereocenters. The number of hydrogen-bond acceptors (Lipinski definition) is 3. The first-order chi connectivity index (χ1) is 8.01. The average Bonchev–Trinajstić information content (AvgIpc) is 2.11. The van der Waals surface area contributed by atoms with E-state index in [1.54, 1.807) is 13.8 Å². The summed E-state index contributed by atoms with van der Waals surface area (Å²) in [5.41, 5.74) is -1.63. The van der Waals surface area contributed by atoms with Crippen LogP contribution in [-0.4, -0.2) is 19.7 Å². The molecule has 18 heavy (non-hydrogen) atoms. The first-order valence-electron chi connectivity index (χ1n) is 5.23. The lowest BCUT2D eigenvalue weighted by Crippen LogP contribution is -2.43. The molecular formula is C11H12F3NO2S. The van der Waals surface area contributed by atoms with Gasteiger partial charge in [0.2, 0.25) is 0 Å². The molecule has 1 aliphatic heterocycles. The van der Waals surface area contributed by atoms with E-state index in [4.69, 9.17) is 0 Å². The SMILES string of the molecule is CC1(C)CS(=O)(=O)c2ccc(C(F)(F)F)cc2N1. The van der Waals surface area contributed by atoms with Crippen LogP contribution in [0.4, 0.5) is 18.9 Å². The van der Waals surface area contributed by atoms with Crippen molar-refractivity contribution in [2.24, 2.45) is 0 Å². The van der Waals surface area contributed by atoms with Gasteiger partial charge in [-0.3, -0.25) is 0 Å². The number of halogens is 3. The van der Waals surface area contributed by atoms with E-state index in [1.807, 2.05) is 0 Å². The van der Waals surface area contributed by atoms with Gasteiger partial charge in [-0.25, -0.2) is 8.42 Å². The van der Waals surface area contributed by atoms with Crippen molar-refractivity contribution in [3.05, 3.63) is 23.8 Å². The van der Waals surface area contributed by atoms with E-state index >= 15 is 0 Å². The maximum Gasteiger partial charge on any atom is 0.416 e. The van der Waals surface area contributed by atoms with Gasteiger partial charge in [-0.2, -0.15) is 13.2 Å². The van der Waals surface area contributed by atoms with Crippen molar-refractivity contribution in [3.63, 3.8) is 0 Å². The van der Waals surface area contributed by atoms with E-state index in [0.29, 0.717) is 0 Å². The minimum Gasteiger partial charge on any atom is -0.378 e. The van der Waals surface area contributed by atoms with E-state index in [9.17, 15) is 21.6 Å². The zero-order chi connectivity index (χ0) is 13.8. The van der Waals surface area contributed by atoms with Gasteiger partial charge in [0.1, 0.15) is 0 Å². The smallest absolute Gasteiger partial charge is 0.378 e. The first-order valence-corrected chi connectivity index (χ1v) is 6.89. The number of anilines is 1. The van der Waals surface area contributed by atoms with Crippen LogP contribution >= 0.6 is 0 Å². The molecule has 0 aromatic heterocycles. The lowest BCUT2D eigenvalue weighted by molar-refractivity contribution is -0.137. The number of nitrogens with one attached hydrogen (secondary N) is 1. The Labute approximate surface area is 103 Å². The molecule has 1 aromatic rings. The third kappa shape index (κ3) is 2.31. The summed E-state index contributed by atoms with van der Waals surface area (Å²) in [6.45, 7) is 3.27. The molecule has 0 fully saturated rings. The molecule has 0 saturated carbocycles. The molecule has 3 nitrogen and oxygen atoms in total. The quantitative estimate of drug-likeness (QED) is 0.794. The van der Waals surface area contributed by atoms with Crippen molar-refractivity contribution in [2.45, 2.75) is 30.5 Å². The number of fused-ring (bicyclic) bond motifs is 1. The van der Waals surface area contributed by atoms with Crippen molar-refractivity contribution in [1.82, 2.24) is 0 Å². The van der Waals surface area contributed by atoms with E-state index in [0.717, 1.165) is 18.2 Å². The average molecular weight is 279 g/mol. The van der Waals surface area contributed by atoms with Gasteiger partial charge in [0.25, 0.3) is 0 Å². The second-order valence-electron chi connectivity index (χ2n) is 4.98. The monoisotopic (exact) mass is 279 g/mol. The van der Waals surface area contributed by atoms with Crippen molar-refractivity contribution < 1.29 is 21.6 Å². The molecular weight excluding hydrogens is 267 g/mol. The highest BCUT2D eigenvalue weighted by atomic mass is 32.2. The van der Waals surface area contributed by atoms with Gasteiger partial charge in [0.05, 0.1) is 21.9 Å². The minimum absolute atomic E-state index is 0.0149. The predicted octanol–water partition coefficient (Wildman–Crippen LogP) is 2.68. The van der Waals surface area contributed by atoms with Gasteiger partial charge in [-0.05, 0) is 32.0 Å². The maximum atomic E-state index is 12.6. The van der Waals surface area contributed by atoms with Gasteiger partial charge in [-0.1, -0.05) is 0 Å². The summed E-state index contributed by atoms with van der Waals surface area (Å²) in [7, 11) is -3.54. The number of alkyl halides is 3.